The maximum atomic E-state index is 14.1. The lowest BCUT2D eigenvalue weighted by molar-refractivity contribution is -0.127. The number of nitrogens with zero attached hydrogens (tertiary/aromatic N) is 4. The Hall–Kier alpha value is -4.70. The molecule has 1 aliphatic heterocycles. The number of carbonyl (C=O) groups excluding carboxylic acids is 2. The molecule has 10 heteroatoms. The van der Waals surface area contributed by atoms with Gasteiger partial charge in [0.15, 0.2) is 11.5 Å². The third-order valence-corrected chi connectivity index (χ3v) is 7.16. The molecule has 9 nitrogen and oxygen atoms in total. The van der Waals surface area contributed by atoms with Gasteiger partial charge in [0.25, 0.3) is 0 Å². The summed E-state index contributed by atoms with van der Waals surface area (Å²) in [7, 11) is 0. The van der Waals surface area contributed by atoms with E-state index >= 15 is 0 Å². The van der Waals surface area contributed by atoms with Gasteiger partial charge in [-0.25, -0.2) is 4.68 Å². The second-order valence-corrected chi connectivity index (χ2v) is 9.64. The molecular weight excluding hydrogens is 502 g/mol. The van der Waals surface area contributed by atoms with Crippen LogP contribution in [0.5, 0.6) is 11.5 Å². The monoisotopic (exact) mass is 525 g/mol. The summed E-state index contributed by atoms with van der Waals surface area (Å²) in [5.74, 6) is 0.476. The van der Waals surface area contributed by atoms with Crippen LogP contribution in [-0.2, 0) is 22.7 Å². The maximum absolute atomic E-state index is 14.1. The first-order valence-electron chi connectivity index (χ1n) is 12.0. The van der Waals surface area contributed by atoms with E-state index in [1.807, 2.05) is 72.1 Å². The van der Waals surface area contributed by atoms with Crippen LogP contribution in [0.25, 0.3) is 11.0 Å². The lowest BCUT2D eigenvalue weighted by Gasteiger charge is -2.31. The average Bonchev–Trinajstić information content (AvgIpc) is 3.72. The smallest absolute Gasteiger partial charge is 0.249 e. The number of fused-ring (bicyclic) bond motifs is 2. The fourth-order valence-corrected chi connectivity index (χ4v) is 5.23. The lowest BCUT2D eigenvalue weighted by Crippen LogP contribution is -2.45. The Morgan fingerprint density at radius 3 is 2.63 bits per heavy atom. The van der Waals surface area contributed by atoms with Crippen molar-refractivity contribution in [1.82, 2.24) is 20.3 Å². The van der Waals surface area contributed by atoms with Crippen LogP contribution in [0.2, 0.25) is 0 Å². The molecule has 3 heterocycles. The Balaban J connectivity index is 1.38. The van der Waals surface area contributed by atoms with E-state index in [1.54, 1.807) is 22.9 Å². The number of carbonyl (C=O) groups is 2. The minimum absolute atomic E-state index is 0.101. The first-order chi connectivity index (χ1) is 18.7. The summed E-state index contributed by atoms with van der Waals surface area (Å²) in [6, 6.07) is 25.1. The zero-order valence-corrected chi connectivity index (χ0v) is 21.0. The van der Waals surface area contributed by atoms with E-state index in [9.17, 15) is 9.59 Å². The number of anilines is 1. The second-order valence-electron chi connectivity index (χ2n) is 8.66. The summed E-state index contributed by atoms with van der Waals surface area (Å²) in [4.78, 5) is 30.1. The number of nitrogens with one attached hydrogen (secondary N) is 1. The van der Waals surface area contributed by atoms with Crippen LogP contribution in [0.3, 0.4) is 0 Å². The molecule has 1 aliphatic rings. The molecule has 2 aromatic heterocycles. The number of para-hydroxylation sites is 1. The quantitative estimate of drug-likeness (QED) is 0.324. The van der Waals surface area contributed by atoms with Crippen molar-refractivity contribution in [2.45, 2.75) is 19.1 Å². The molecular formula is C28H23N5O4S. The van der Waals surface area contributed by atoms with Crippen molar-refractivity contribution < 1.29 is 19.1 Å². The molecule has 2 amide bonds. The predicted octanol–water partition coefficient (Wildman–Crippen LogP) is 4.31. The molecule has 1 unspecified atom stereocenters. The molecule has 1 N–H and O–H groups in total. The topological polar surface area (TPSA) is 98.6 Å². The average molecular weight is 526 g/mol. The first kappa shape index (κ1) is 23.7. The summed E-state index contributed by atoms with van der Waals surface area (Å²) in [6.45, 7) is 0.324. The minimum atomic E-state index is -0.915. The molecule has 0 saturated carbocycles. The first-order valence-corrected chi connectivity index (χ1v) is 12.9. The van der Waals surface area contributed by atoms with Crippen molar-refractivity contribution in [1.29, 1.82) is 0 Å². The lowest BCUT2D eigenvalue weighted by atomic mass is 10.1. The number of aromatic nitrogens is 3. The highest BCUT2D eigenvalue weighted by atomic mass is 32.1. The molecule has 0 saturated heterocycles. The van der Waals surface area contributed by atoms with Gasteiger partial charge in [0.1, 0.15) is 18.1 Å². The van der Waals surface area contributed by atoms with E-state index in [1.165, 1.54) is 16.2 Å². The number of thiophene rings is 1. The Labute approximate surface area is 222 Å². The third-order valence-electron chi connectivity index (χ3n) is 6.24. The van der Waals surface area contributed by atoms with Crippen molar-refractivity contribution in [2.24, 2.45) is 0 Å². The van der Waals surface area contributed by atoms with Crippen LogP contribution in [0, 0.1) is 0 Å². The highest BCUT2D eigenvalue weighted by Gasteiger charge is 2.34. The largest absolute Gasteiger partial charge is 0.454 e. The Morgan fingerprint density at radius 1 is 0.974 bits per heavy atom. The zero-order valence-electron chi connectivity index (χ0n) is 20.2. The molecule has 0 aliphatic carbocycles. The van der Waals surface area contributed by atoms with E-state index < -0.39 is 6.04 Å². The molecule has 0 bridgehead atoms. The van der Waals surface area contributed by atoms with Crippen molar-refractivity contribution in [3.8, 4) is 11.5 Å². The van der Waals surface area contributed by atoms with Gasteiger partial charge in [0.05, 0.1) is 5.52 Å². The van der Waals surface area contributed by atoms with E-state index in [4.69, 9.17) is 9.47 Å². The number of rotatable bonds is 8. The van der Waals surface area contributed by atoms with Crippen LogP contribution in [0.1, 0.15) is 16.5 Å². The Bertz CT molecular complexity index is 1590. The van der Waals surface area contributed by atoms with Gasteiger partial charge in [-0.1, -0.05) is 53.7 Å². The van der Waals surface area contributed by atoms with E-state index in [-0.39, 0.29) is 25.2 Å². The van der Waals surface area contributed by atoms with Gasteiger partial charge in [-0.2, -0.15) is 0 Å². The van der Waals surface area contributed by atoms with Crippen LogP contribution in [-0.4, -0.2) is 33.6 Å². The predicted molar refractivity (Wildman–Crippen MR) is 143 cm³/mol. The highest BCUT2D eigenvalue weighted by Crippen LogP contribution is 2.39. The molecule has 1 atom stereocenters. The fraction of sp³-hybridized carbons (Fsp3) is 0.143. The molecule has 0 spiro atoms. The van der Waals surface area contributed by atoms with Crippen LogP contribution < -0.4 is 19.7 Å². The highest BCUT2D eigenvalue weighted by molar-refractivity contribution is 7.10. The summed E-state index contributed by atoms with van der Waals surface area (Å²) < 4.78 is 12.6. The van der Waals surface area contributed by atoms with Crippen molar-refractivity contribution >= 4 is 39.9 Å². The number of ether oxygens (including phenoxy) is 2. The minimum Gasteiger partial charge on any atom is -0.454 e. The normalized spacial score (nSPS) is 12.8. The van der Waals surface area contributed by atoms with Gasteiger partial charge in [-0.15, -0.1) is 16.4 Å². The van der Waals surface area contributed by atoms with Gasteiger partial charge in [0, 0.05) is 23.2 Å². The van der Waals surface area contributed by atoms with E-state index in [2.05, 4.69) is 15.6 Å². The van der Waals surface area contributed by atoms with E-state index in [0.29, 0.717) is 29.2 Å². The van der Waals surface area contributed by atoms with E-state index in [0.717, 1.165) is 16.0 Å². The summed E-state index contributed by atoms with van der Waals surface area (Å²) in [5, 5.41) is 13.3. The summed E-state index contributed by atoms with van der Waals surface area (Å²) in [6.07, 6.45) is 0. The van der Waals surface area contributed by atoms with Crippen LogP contribution in [0.4, 0.5) is 5.69 Å². The molecule has 0 fully saturated rings. The molecule has 190 valence electrons. The number of hydrogen-bond donors (Lipinski definition) is 1. The number of benzene rings is 3. The summed E-state index contributed by atoms with van der Waals surface area (Å²) >= 11 is 1.41. The molecule has 0 radical (unpaired) electrons. The van der Waals surface area contributed by atoms with Gasteiger partial charge < -0.3 is 14.8 Å². The fourth-order valence-electron chi connectivity index (χ4n) is 4.41. The van der Waals surface area contributed by atoms with Crippen molar-refractivity contribution in [3.05, 3.63) is 101 Å². The standard InChI is InChI=1S/C28H23N5O4S/c34-26(17-32-22-10-5-4-9-21(22)30-31-32)33(20-12-13-23-24(15-20)37-18-36-23)27(25-11-6-14-38-25)28(35)29-16-19-7-2-1-3-8-19/h1-15,27H,16-18H2,(H,29,35). The molecule has 38 heavy (non-hydrogen) atoms. The van der Waals surface area contributed by atoms with Gasteiger partial charge in [-0.3, -0.25) is 14.5 Å². The Morgan fingerprint density at radius 2 is 1.79 bits per heavy atom. The van der Waals surface area contributed by atoms with Gasteiger partial charge >= 0.3 is 0 Å². The van der Waals surface area contributed by atoms with Crippen LogP contribution in [0.15, 0.2) is 90.3 Å². The van der Waals surface area contributed by atoms with Crippen molar-refractivity contribution in [2.75, 3.05) is 11.7 Å². The summed E-state index contributed by atoms with van der Waals surface area (Å²) in [5.41, 5.74) is 2.88. The van der Waals surface area contributed by atoms with Crippen molar-refractivity contribution in [3.63, 3.8) is 0 Å². The molecule has 5 aromatic rings. The van der Waals surface area contributed by atoms with Gasteiger partial charge in [0.2, 0.25) is 18.6 Å². The Kier molecular flexibility index (Phi) is 6.45. The van der Waals surface area contributed by atoms with Gasteiger partial charge in [-0.05, 0) is 41.3 Å². The third kappa shape index (κ3) is 4.69. The molecule has 3 aromatic carbocycles. The van der Waals surface area contributed by atoms with Crippen LogP contribution >= 0.6 is 11.3 Å². The SMILES string of the molecule is O=C(NCc1ccccc1)C(c1cccs1)N(C(=O)Cn1nnc2ccccc21)c1ccc2c(c1)OCO2. The number of hydrogen-bond acceptors (Lipinski definition) is 7. The second kappa shape index (κ2) is 10.3. The number of amides is 2. The maximum Gasteiger partial charge on any atom is 0.249 e. The zero-order chi connectivity index (χ0) is 25.9. The molecule has 6 rings (SSSR count).